The highest BCUT2D eigenvalue weighted by molar-refractivity contribution is 5.86. The van der Waals surface area contributed by atoms with Crippen LogP contribution >= 0.6 is 0 Å². The molecule has 0 atom stereocenters. The number of alkyl halides is 6. The van der Waals surface area contributed by atoms with Crippen LogP contribution in [0.15, 0.2) is 121 Å². The number of hydrogen-bond acceptors (Lipinski definition) is 4. The van der Waals surface area contributed by atoms with Crippen molar-refractivity contribution in [3.63, 3.8) is 0 Å². The van der Waals surface area contributed by atoms with Gasteiger partial charge in [0.15, 0.2) is 11.5 Å². The number of para-hydroxylation sites is 2. The number of nitrogen functional groups attached to an aromatic ring is 2. The first-order chi connectivity index (χ1) is 24.2. The van der Waals surface area contributed by atoms with Crippen LogP contribution in [0.2, 0.25) is 0 Å². The molecule has 4 N–H and O–H groups in total. The Morgan fingerprint density at radius 3 is 1.24 bits per heavy atom. The van der Waals surface area contributed by atoms with E-state index in [-0.39, 0.29) is 11.5 Å². The number of nitrogens with two attached hydrogens (primary N) is 2. The molecule has 0 unspecified atom stereocenters. The van der Waals surface area contributed by atoms with Crippen LogP contribution in [0.1, 0.15) is 44.5 Å². The molecule has 0 bridgehead atoms. The monoisotopic (exact) mass is 696 g/mol. The number of ether oxygens (including phenoxy) is 2. The van der Waals surface area contributed by atoms with Gasteiger partial charge in [0, 0.05) is 0 Å². The van der Waals surface area contributed by atoms with Crippen LogP contribution in [0.3, 0.4) is 0 Å². The first kappa shape index (κ1) is 33.6. The highest BCUT2D eigenvalue weighted by Gasteiger charge is 2.46. The molecular formula is C41H30F6N2O2. The Morgan fingerprint density at radius 2 is 0.863 bits per heavy atom. The molecule has 10 heteroatoms. The Kier molecular flexibility index (Phi) is 8.00. The van der Waals surface area contributed by atoms with Crippen LogP contribution in [0.5, 0.6) is 23.0 Å². The molecule has 0 fully saturated rings. The van der Waals surface area contributed by atoms with E-state index < -0.39 is 40.3 Å². The minimum Gasteiger partial charge on any atom is -0.455 e. The first-order valence-electron chi connectivity index (χ1n) is 15.9. The Morgan fingerprint density at radius 1 is 0.471 bits per heavy atom. The minimum absolute atomic E-state index is 0.112. The quantitative estimate of drug-likeness (QED) is 0.134. The average Bonchev–Trinajstić information content (AvgIpc) is 3.38. The second kappa shape index (κ2) is 12.2. The van der Waals surface area contributed by atoms with Gasteiger partial charge in [0.2, 0.25) is 0 Å². The number of aryl methyl sites for hydroxylation is 2. The predicted molar refractivity (Wildman–Crippen MR) is 185 cm³/mol. The summed E-state index contributed by atoms with van der Waals surface area (Å²) in [5, 5.41) is 0. The molecule has 4 nitrogen and oxygen atoms in total. The summed E-state index contributed by atoms with van der Waals surface area (Å²) in [4.78, 5) is 0. The van der Waals surface area contributed by atoms with Gasteiger partial charge < -0.3 is 20.9 Å². The molecule has 0 radical (unpaired) electrons. The number of fused-ring (bicyclic) bond motifs is 3. The molecule has 6 aromatic rings. The predicted octanol–water partition coefficient (Wildman–Crippen LogP) is 11.5. The van der Waals surface area contributed by atoms with Crippen molar-refractivity contribution in [2.45, 2.75) is 31.6 Å². The lowest BCUT2D eigenvalue weighted by molar-refractivity contribution is -0.137. The van der Waals surface area contributed by atoms with Gasteiger partial charge in [-0.15, -0.1) is 0 Å². The number of benzene rings is 6. The summed E-state index contributed by atoms with van der Waals surface area (Å²) in [6.45, 7) is 3.62. The van der Waals surface area contributed by atoms with Crippen molar-refractivity contribution in [3.8, 4) is 34.1 Å². The van der Waals surface area contributed by atoms with Gasteiger partial charge in [-0.1, -0.05) is 84.9 Å². The Hall–Kier alpha value is -5.90. The molecule has 6 aromatic carbocycles. The van der Waals surface area contributed by atoms with E-state index in [1.807, 2.05) is 62.4 Å². The normalized spacial score (nSPS) is 13.4. The van der Waals surface area contributed by atoms with Gasteiger partial charge >= 0.3 is 12.4 Å². The van der Waals surface area contributed by atoms with E-state index in [9.17, 15) is 26.3 Å². The van der Waals surface area contributed by atoms with Gasteiger partial charge in [-0.25, -0.2) is 0 Å². The van der Waals surface area contributed by atoms with Crippen molar-refractivity contribution in [1.29, 1.82) is 0 Å². The number of anilines is 2. The van der Waals surface area contributed by atoms with Crippen molar-refractivity contribution in [2.75, 3.05) is 11.5 Å². The lowest BCUT2D eigenvalue weighted by atomic mass is 9.67. The standard InChI is InChI=1S/C41H30F6N2O2/c1-23-21-25(17-19-33(23)50-35-15-7-13-31(37(35)48)40(42,43)44)39(29-11-5-3-9-27(29)28-10-4-6-12-30(28)39)26-18-20-34(24(2)22-26)51-36-16-8-14-32(38(36)49)41(45,46)47/h3-22H,48-49H2,1-2H3. The molecular weight excluding hydrogens is 666 g/mol. The zero-order valence-electron chi connectivity index (χ0n) is 27.3. The maximum atomic E-state index is 13.6. The van der Waals surface area contributed by atoms with Gasteiger partial charge in [-0.2, -0.15) is 26.3 Å². The molecule has 0 aromatic heterocycles. The van der Waals surface area contributed by atoms with Crippen LogP contribution in [-0.2, 0) is 17.8 Å². The lowest BCUT2D eigenvalue weighted by Gasteiger charge is -2.34. The van der Waals surface area contributed by atoms with Crippen LogP contribution in [0, 0.1) is 13.8 Å². The fraction of sp³-hybridized carbons (Fsp3) is 0.122. The highest BCUT2D eigenvalue weighted by atomic mass is 19.4. The molecule has 0 amide bonds. The second-order valence-electron chi connectivity index (χ2n) is 12.4. The van der Waals surface area contributed by atoms with Crippen LogP contribution in [0.25, 0.3) is 11.1 Å². The summed E-state index contributed by atoms with van der Waals surface area (Å²) in [5.41, 5.74) is 15.0. The van der Waals surface area contributed by atoms with Crippen molar-refractivity contribution in [3.05, 3.63) is 166 Å². The third kappa shape index (κ3) is 5.60. The molecule has 0 aliphatic heterocycles. The van der Waals surface area contributed by atoms with Gasteiger partial charge in [-0.3, -0.25) is 0 Å². The summed E-state index contributed by atoms with van der Waals surface area (Å²) in [5.74, 6) is 0.440. The highest BCUT2D eigenvalue weighted by Crippen LogP contribution is 2.57. The van der Waals surface area contributed by atoms with Crippen molar-refractivity contribution >= 4 is 11.4 Å². The average molecular weight is 697 g/mol. The number of rotatable bonds is 6. The van der Waals surface area contributed by atoms with E-state index in [2.05, 4.69) is 24.3 Å². The van der Waals surface area contributed by atoms with E-state index >= 15 is 0 Å². The Balaban J connectivity index is 1.36. The number of halogens is 6. The Labute approximate surface area is 289 Å². The zero-order valence-corrected chi connectivity index (χ0v) is 27.3. The van der Waals surface area contributed by atoms with Crippen molar-refractivity contribution < 1.29 is 35.8 Å². The topological polar surface area (TPSA) is 70.5 Å². The van der Waals surface area contributed by atoms with Crippen molar-refractivity contribution in [1.82, 2.24) is 0 Å². The third-order valence-electron chi connectivity index (χ3n) is 9.35. The summed E-state index contributed by atoms with van der Waals surface area (Å²) < 4.78 is 93.4. The largest absolute Gasteiger partial charge is 0.455 e. The molecule has 0 spiro atoms. The summed E-state index contributed by atoms with van der Waals surface area (Å²) >= 11 is 0. The van der Waals surface area contributed by atoms with Gasteiger partial charge in [0.05, 0.1) is 27.9 Å². The lowest BCUT2D eigenvalue weighted by Crippen LogP contribution is -2.28. The summed E-state index contributed by atoms with van der Waals surface area (Å²) in [6.07, 6.45) is -9.28. The van der Waals surface area contributed by atoms with E-state index in [0.29, 0.717) is 22.6 Å². The molecule has 51 heavy (non-hydrogen) atoms. The molecule has 258 valence electrons. The summed E-state index contributed by atoms with van der Waals surface area (Å²) in [6, 6.07) is 34.3. The number of hydrogen-bond donors (Lipinski definition) is 2. The molecule has 0 saturated heterocycles. The van der Waals surface area contributed by atoms with Crippen LogP contribution < -0.4 is 20.9 Å². The first-order valence-corrected chi connectivity index (χ1v) is 15.9. The molecule has 1 aliphatic carbocycles. The SMILES string of the molecule is Cc1cc(C2(c3ccc(Oc4cccc(C(F)(F)F)c4N)c(C)c3)c3ccccc3-c3ccccc32)ccc1Oc1cccc(C(F)(F)F)c1N. The smallest absolute Gasteiger partial charge is 0.418 e. The van der Waals surface area contributed by atoms with Gasteiger partial charge in [0.25, 0.3) is 0 Å². The Bertz CT molecular complexity index is 2150. The minimum atomic E-state index is -4.64. The maximum Gasteiger partial charge on any atom is 0.418 e. The molecule has 7 rings (SSSR count). The van der Waals surface area contributed by atoms with E-state index in [4.69, 9.17) is 20.9 Å². The zero-order chi connectivity index (χ0) is 36.3. The second-order valence-corrected chi connectivity index (χ2v) is 12.4. The van der Waals surface area contributed by atoms with Crippen molar-refractivity contribution in [2.24, 2.45) is 0 Å². The van der Waals surface area contributed by atoms with Gasteiger partial charge in [-0.05, 0) is 94.8 Å². The third-order valence-corrected chi connectivity index (χ3v) is 9.35. The van der Waals surface area contributed by atoms with E-state index in [1.54, 1.807) is 12.1 Å². The van der Waals surface area contributed by atoms with Crippen LogP contribution in [-0.4, -0.2) is 0 Å². The molecule has 0 heterocycles. The fourth-order valence-electron chi connectivity index (χ4n) is 7.02. The fourth-order valence-corrected chi connectivity index (χ4v) is 7.02. The van der Waals surface area contributed by atoms with E-state index in [0.717, 1.165) is 45.5 Å². The molecule has 1 aliphatic rings. The summed E-state index contributed by atoms with van der Waals surface area (Å²) in [7, 11) is 0. The van der Waals surface area contributed by atoms with Gasteiger partial charge in [0.1, 0.15) is 11.5 Å². The maximum absolute atomic E-state index is 13.6. The molecule has 0 saturated carbocycles. The van der Waals surface area contributed by atoms with E-state index in [1.165, 1.54) is 24.3 Å². The van der Waals surface area contributed by atoms with Crippen LogP contribution in [0.4, 0.5) is 37.7 Å².